The van der Waals surface area contributed by atoms with Gasteiger partial charge in [0.2, 0.25) is 0 Å². The van der Waals surface area contributed by atoms with Crippen molar-refractivity contribution >= 4 is 17.9 Å². The maximum Gasteiger partial charge on any atom is 0.416 e. The first-order chi connectivity index (χ1) is 17.2. The number of carbonyl (C=O) groups is 2. The van der Waals surface area contributed by atoms with E-state index in [9.17, 15) is 22.8 Å². The summed E-state index contributed by atoms with van der Waals surface area (Å²) < 4.78 is 54.9. The first-order valence-corrected chi connectivity index (χ1v) is 10.9. The Balaban J connectivity index is 1.85. The van der Waals surface area contributed by atoms with Gasteiger partial charge in [-0.25, -0.2) is 0 Å². The summed E-state index contributed by atoms with van der Waals surface area (Å²) in [6.07, 6.45) is -2.63. The van der Waals surface area contributed by atoms with Crippen molar-refractivity contribution in [2.45, 2.75) is 12.6 Å². The number of hydrogen-bond acceptors (Lipinski definition) is 5. The smallest absolute Gasteiger partial charge is 0.416 e. The van der Waals surface area contributed by atoms with Crippen LogP contribution in [0.15, 0.2) is 70.8 Å². The number of ether oxygens (including phenoxy) is 2. The minimum absolute atomic E-state index is 0.0989. The molecule has 10 heteroatoms. The van der Waals surface area contributed by atoms with Crippen LogP contribution in [0, 0.1) is 0 Å². The van der Waals surface area contributed by atoms with Gasteiger partial charge in [0.05, 0.1) is 12.7 Å². The summed E-state index contributed by atoms with van der Waals surface area (Å²) in [7, 11) is 3.04. The Kier molecular flexibility index (Phi) is 8.91. The highest BCUT2D eigenvalue weighted by Gasteiger charge is 2.30. The van der Waals surface area contributed by atoms with Gasteiger partial charge in [0.1, 0.15) is 23.0 Å². The van der Waals surface area contributed by atoms with Crippen LogP contribution in [-0.4, -0.2) is 39.2 Å². The van der Waals surface area contributed by atoms with Crippen molar-refractivity contribution in [2.75, 3.05) is 27.4 Å². The summed E-state index contributed by atoms with van der Waals surface area (Å²) in [5.41, 5.74) is -0.398. The van der Waals surface area contributed by atoms with Gasteiger partial charge in [0.25, 0.3) is 11.8 Å². The van der Waals surface area contributed by atoms with E-state index in [-0.39, 0.29) is 28.3 Å². The van der Waals surface area contributed by atoms with Crippen molar-refractivity contribution in [3.05, 3.63) is 83.2 Å². The summed E-state index contributed by atoms with van der Waals surface area (Å²) in [5, 5.41) is 5.25. The minimum atomic E-state index is -4.49. The zero-order valence-electron chi connectivity index (χ0n) is 19.6. The number of halogens is 3. The lowest BCUT2D eigenvalue weighted by Crippen LogP contribution is -2.35. The van der Waals surface area contributed by atoms with Crippen LogP contribution in [0.4, 0.5) is 13.2 Å². The van der Waals surface area contributed by atoms with Crippen LogP contribution in [0.2, 0.25) is 0 Å². The predicted octanol–water partition coefficient (Wildman–Crippen LogP) is 4.90. The number of hydrogen-bond donors (Lipinski definition) is 2. The van der Waals surface area contributed by atoms with Gasteiger partial charge in [-0.1, -0.05) is 12.1 Å². The Morgan fingerprint density at radius 1 is 1.03 bits per heavy atom. The van der Waals surface area contributed by atoms with Crippen molar-refractivity contribution in [2.24, 2.45) is 0 Å². The molecule has 0 aliphatic heterocycles. The fraction of sp³-hybridized carbons (Fsp3) is 0.231. The third-order valence-corrected chi connectivity index (χ3v) is 5.04. The second kappa shape index (κ2) is 12.1. The van der Waals surface area contributed by atoms with Crippen molar-refractivity contribution in [3.63, 3.8) is 0 Å². The first-order valence-electron chi connectivity index (χ1n) is 10.9. The lowest BCUT2D eigenvalue weighted by molar-refractivity contribution is -0.137. The summed E-state index contributed by atoms with van der Waals surface area (Å²) in [5.74, 6) is -0.199. The molecule has 0 fully saturated rings. The molecule has 3 rings (SSSR count). The Hall–Kier alpha value is -4.05. The van der Waals surface area contributed by atoms with Crippen LogP contribution >= 0.6 is 0 Å². The Labute approximate surface area is 205 Å². The molecule has 1 aromatic heterocycles. The highest BCUT2D eigenvalue weighted by atomic mass is 19.4. The molecule has 2 N–H and O–H groups in total. The number of nitrogens with one attached hydrogen (secondary N) is 2. The maximum absolute atomic E-state index is 13.1. The molecule has 0 spiro atoms. The number of rotatable bonds is 10. The second-order valence-electron chi connectivity index (χ2n) is 7.62. The quantitative estimate of drug-likeness (QED) is 0.304. The van der Waals surface area contributed by atoms with Crippen molar-refractivity contribution in [3.8, 4) is 17.1 Å². The molecular weight excluding hydrogens is 477 g/mol. The second-order valence-corrected chi connectivity index (χ2v) is 7.62. The first kappa shape index (κ1) is 26.6. The molecule has 190 valence electrons. The van der Waals surface area contributed by atoms with Crippen LogP contribution < -0.4 is 15.4 Å². The van der Waals surface area contributed by atoms with Crippen LogP contribution in [-0.2, 0) is 15.7 Å². The van der Waals surface area contributed by atoms with E-state index in [1.54, 1.807) is 31.4 Å². The molecule has 0 saturated carbocycles. The van der Waals surface area contributed by atoms with E-state index in [1.807, 2.05) is 0 Å². The van der Waals surface area contributed by atoms with Gasteiger partial charge >= 0.3 is 6.18 Å². The zero-order valence-corrected chi connectivity index (χ0v) is 19.6. The van der Waals surface area contributed by atoms with Crippen molar-refractivity contribution in [1.82, 2.24) is 10.6 Å². The number of benzene rings is 2. The van der Waals surface area contributed by atoms with Gasteiger partial charge in [0.15, 0.2) is 0 Å². The van der Waals surface area contributed by atoms with Crippen molar-refractivity contribution in [1.29, 1.82) is 0 Å². The molecule has 7 nitrogen and oxygen atoms in total. The van der Waals surface area contributed by atoms with E-state index >= 15 is 0 Å². The summed E-state index contributed by atoms with van der Waals surface area (Å²) >= 11 is 0. The average Bonchev–Trinajstić information content (AvgIpc) is 3.34. The molecule has 0 aliphatic rings. The summed E-state index contributed by atoms with van der Waals surface area (Å²) in [6, 6.07) is 14.0. The van der Waals surface area contributed by atoms with Crippen molar-refractivity contribution < 1.29 is 36.7 Å². The van der Waals surface area contributed by atoms with Gasteiger partial charge in [-0.05, 0) is 55.0 Å². The summed E-state index contributed by atoms with van der Waals surface area (Å²) in [6.45, 7) is 0.742. The highest BCUT2D eigenvalue weighted by molar-refractivity contribution is 6.05. The van der Waals surface area contributed by atoms with E-state index in [0.717, 1.165) is 12.1 Å². The monoisotopic (exact) mass is 502 g/mol. The largest absolute Gasteiger partial charge is 0.497 e. The molecule has 0 saturated heterocycles. The molecule has 2 aromatic carbocycles. The number of methoxy groups -OCH3 is 2. The Morgan fingerprint density at radius 2 is 1.78 bits per heavy atom. The van der Waals surface area contributed by atoms with Crippen LogP contribution in [0.5, 0.6) is 5.75 Å². The number of furan rings is 1. The zero-order chi connectivity index (χ0) is 26.1. The number of carbonyl (C=O) groups excluding carboxylic acids is 2. The standard InChI is InChI=1S/C26H25F3N2O5/c1-34-14-4-13-30-25(33)22(31-24(32)17-7-9-20(35-2)10-8-17)16-21-11-12-23(36-21)18-5-3-6-19(15-18)26(27,28)29/h3,5-12,15-16H,4,13-14H2,1-2H3,(H,30,33)(H,31,32). The van der Waals surface area contributed by atoms with E-state index in [1.165, 1.54) is 37.5 Å². The Morgan fingerprint density at radius 3 is 2.44 bits per heavy atom. The summed E-state index contributed by atoms with van der Waals surface area (Å²) in [4.78, 5) is 25.5. The molecular formula is C26H25F3N2O5. The SMILES string of the molecule is COCCCNC(=O)C(=Cc1ccc(-c2cccc(C(F)(F)F)c2)o1)NC(=O)c1ccc(OC)cc1. The molecule has 0 unspecified atom stereocenters. The van der Waals surface area contributed by atoms with Crippen LogP contribution in [0.25, 0.3) is 17.4 Å². The van der Waals surface area contributed by atoms with Gasteiger partial charge < -0.3 is 24.5 Å². The molecule has 0 aliphatic carbocycles. The van der Waals surface area contributed by atoms with Gasteiger partial charge in [0, 0.05) is 37.5 Å². The van der Waals surface area contributed by atoms with E-state index in [4.69, 9.17) is 13.9 Å². The third-order valence-electron chi connectivity index (χ3n) is 5.04. The molecule has 2 amide bonds. The lowest BCUT2D eigenvalue weighted by atomic mass is 10.1. The van der Waals surface area contributed by atoms with E-state index < -0.39 is 23.6 Å². The van der Waals surface area contributed by atoms with E-state index in [0.29, 0.717) is 25.3 Å². The predicted molar refractivity (Wildman–Crippen MR) is 127 cm³/mol. The molecule has 3 aromatic rings. The molecule has 0 bridgehead atoms. The highest BCUT2D eigenvalue weighted by Crippen LogP contribution is 2.32. The third kappa shape index (κ3) is 7.22. The molecule has 36 heavy (non-hydrogen) atoms. The van der Waals surface area contributed by atoms with Gasteiger partial charge in [-0.15, -0.1) is 0 Å². The number of alkyl halides is 3. The van der Waals surface area contributed by atoms with Crippen LogP contribution in [0.1, 0.15) is 28.1 Å². The van der Waals surface area contributed by atoms with Gasteiger partial charge in [-0.3, -0.25) is 9.59 Å². The van der Waals surface area contributed by atoms with E-state index in [2.05, 4.69) is 10.6 Å². The fourth-order valence-electron chi connectivity index (χ4n) is 3.19. The fourth-order valence-corrected chi connectivity index (χ4v) is 3.19. The molecule has 0 atom stereocenters. The number of amides is 2. The lowest BCUT2D eigenvalue weighted by Gasteiger charge is -2.11. The average molecular weight is 502 g/mol. The maximum atomic E-state index is 13.1. The van der Waals surface area contributed by atoms with Gasteiger partial charge in [-0.2, -0.15) is 13.2 Å². The normalized spacial score (nSPS) is 11.8. The minimum Gasteiger partial charge on any atom is -0.497 e. The molecule has 1 heterocycles. The Bertz CT molecular complexity index is 1220. The topological polar surface area (TPSA) is 89.8 Å². The van der Waals surface area contributed by atoms with Crippen LogP contribution in [0.3, 0.4) is 0 Å². The molecule has 0 radical (unpaired) electrons.